The number of nitrogens with one attached hydrogen (secondary N) is 1. The molecule has 0 saturated heterocycles. The van der Waals surface area contributed by atoms with Gasteiger partial charge in [-0.25, -0.2) is 14.5 Å². The summed E-state index contributed by atoms with van der Waals surface area (Å²) in [6, 6.07) is 11.8. The first-order chi connectivity index (χ1) is 11.8. The summed E-state index contributed by atoms with van der Waals surface area (Å²) in [5, 5.41) is 10.1. The van der Waals surface area contributed by atoms with Crippen LogP contribution in [0.25, 0.3) is 16.9 Å². The lowest BCUT2D eigenvalue weighted by Crippen LogP contribution is -2.03. The fourth-order valence-corrected chi connectivity index (χ4v) is 3.05. The lowest BCUT2D eigenvalue weighted by Gasteiger charge is -2.06. The van der Waals surface area contributed by atoms with Gasteiger partial charge in [-0.1, -0.05) is 6.07 Å². The van der Waals surface area contributed by atoms with Crippen molar-refractivity contribution in [2.45, 2.75) is 6.54 Å². The largest absolute Gasteiger partial charge is 0.481 e. The first kappa shape index (κ1) is 14.6. The molecule has 0 spiro atoms. The van der Waals surface area contributed by atoms with Crippen molar-refractivity contribution in [3.05, 3.63) is 59.0 Å². The van der Waals surface area contributed by atoms with Gasteiger partial charge >= 0.3 is 0 Å². The molecule has 0 fully saturated rings. The zero-order valence-corrected chi connectivity index (χ0v) is 13.8. The summed E-state index contributed by atoms with van der Waals surface area (Å²) in [5.74, 6) is 1.38. The molecular weight excluding hydrogens is 322 g/mol. The van der Waals surface area contributed by atoms with Crippen molar-refractivity contribution in [1.29, 1.82) is 0 Å². The zero-order chi connectivity index (χ0) is 16.4. The molecule has 4 aromatic heterocycles. The number of hydrogen-bond acceptors (Lipinski definition) is 6. The van der Waals surface area contributed by atoms with Crippen LogP contribution in [0, 0.1) is 0 Å². The average molecular weight is 337 g/mol. The summed E-state index contributed by atoms with van der Waals surface area (Å²) in [4.78, 5) is 9.92. The second-order valence-electron chi connectivity index (χ2n) is 5.15. The van der Waals surface area contributed by atoms with Crippen molar-refractivity contribution in [3.8, 4) is 17.1 Å². The molecule has 0 amide bonds. The number of fused-ring (bicyclic) bond motifs is 1. The molecule has 4 heterocycles. The fraction of sp³-hybridized carbons (Fsp3) is 0.118. The average Bonchev–Trinajstić information content (AvgIpc) is 3.29. The summed E-state index contributed by atoms with van der Waals surface area (Å²) >= 11 is 1.72. The lowest BCUT2D eigenvalue weighted by molar-refractivity contribution is 0.398. The van der Waals surface area contributed by atoms with Gasteiger partial charge in [0, 0.05) is 22.7 Å². The standard InChI is InChI=1S/C17H15N5OS/c1-23-17-7-4-12(9-20-17)14-11-19-16-6-5-15(21-22(14)16)18-10-13-3-2-8-24-13/h2-9,11H,10H2,1H3,(H,18,21). The normalized spacial score (nSPS) is 10.9. The van der Waals surface area contributed by atoms with E-state index in [4.69, 9.17) is 4.74 Å². The summed E-state index contributed by atoms with van der Waals surface area (Å²) in [6.07, 6.45) is 3.56. The third-order valence-corrected chi connectivity index (χ3v) is 4.50. The van der Waals surface area contributed by atoms with E-state index >= 15 is 0 Å². The zero-order valence-electron chi connectivity index (χ0n) is 13.0. The van der Waals surface area contributed by atoms with Gasteiger partial charge in [0.25, 0.3) is 0 Å². The molecule has 0 atom stereocenters. The van der Waals surface area contributed by atoms with Gasteiger partial charge in [0.05, 0.1) is 25.5 Å². The Bertz CT molecular complexity index is 947. The molecule has 4 aromatic rings. The van der Waals surface area contributed by atoms with E-state index in [1.807, 2.05) is 34.8 Å². The van der Waals surface area contributed by atoms with Gasteiger partial charge in [0.1, 0.15) is 5.82 Å². The number of methoxy groups -OCH3 is 1. The van der Waals surface area contributed by atoms with Crippen molar-refractivity contribution in [2.75, 3.05) is 12.4 Å². The Balaban J connectivity index is 1.64. The maximum Gasteiger partial charge on any atom is 0.212 e. The highest BCUT2D eigenvalue weighted by Gasteiger charge is 2.09. The molecule has 0 aliphatic heterocycles. The first-order valence-corrected chi connectivity index (χ1v) is 8.33. The van der Waals surface area contributed by atoms with E-state index in [9.17, 15) is 0 Å². The Morgan fingerprint density at radius 3 is 2.83 bits per heavy atom. The summed E-state index contributed by atoms with van der Waals surface area (Å²) < 4.78 is 6.92. The molecule has 0 bridgehead atoms. The van der Waals surface area contributed by atoms with Gasteiger partial charge in [-0.15, -0.1) is 16.4 Å². The van der Waals surface area contributed by atoms with Crippen LogP contribution >= 0.6 is 11.3 Å². The third-order valence-electron chi connectivity index (χ3n) is 3.63. The number of rotatable bonds is 5. The Labute approximate surface area is 142 Å². The molecule has 0 saturated carbocycles. The molecule has 24 heavy (non-hydrogen) atoms. The van der Waals surface area contributed by atoms with Crippen LogP contribution in [0.5, 0.6) is 5.88 Å². The molecule has 0 radical (unpaired) electrons. The highest BCUT2D eigenvalue weighted by molar-refractivity contribution is 7.09. The molecule has 6 nitrogen and oxygen atoms in total. The molecule has 7 heteroatoms. The van der Waals surface area contributed by atoms with Crippen molar-refractivity contribution in [3.63, 3.8) is 0 Å². The number of imidazole rings is 1. The van der Waals surface area contributed by atoms with Gasteiger partial charge in [0.15, 0.2) is 5.65 Å². The van der Waals surface area contributed by atoms with E-state index in [1.165, 1.54) is 4.88 Å². The molecule has 120 valence electrons. The summed E-state index contributed by atoms with van der Waals surface area (Å²) in [5.41, 5.74) is 2.62. The number of aromatic nitrogens is 4. The summed E-state index contributed by atoms with van der Waals surface area (Å²) in [7, 11) is 1.60. The van der Waals surface area contributed by atoms with Crippen molar-refractivity contribution in [1.82, 2.24) is 19.6 Å². The van der Waals surface area contributed by atoms with Crippen LogP contribution < -0.4 is 10.1 Å². The van der Waals surface area contributed by atoms with Gasteiger partial charge in [0.2, 0.25) is 5.88 Å². The predicted octanol–water partition coefficient (Wildman–Crippen LogP) is 3.47. The van der Waals surface area contributed by atoms with Crippen molar-refractivity contribution < 1.29 is 4.74 Å². The monoisotopic (exact) mass is 337 g/mol. The first-order valence-electron chi connectivity index (χ1n) is 7.45. The van der Waals surface area contributed by atoms with Crippen LogP contribution in [-0.4, -0.2) is 26.7 Å². The van der Waals surface area contributed by atoms with Crippen LogP contribution in [0.1, 0.15) is 4.88 Å². The molecule has 0 unspecified atom stereocenters. The van der Waals surface area contributed by atoms with Crippen LogP contribution in [-0.2, 0) is 6.54 Å². The maximum absolute atomic E-state index is 5.10. The van der Waals surface area contributed by atoms with Crippen LogP contribution in [0.15, 0.2) is 54.2 Å². The third kappa shape index (κ3) is 2.81. The fourth-order valence-electron chi connectivity index (χ4n) is 2.41. The highest BCUT2D eigenvalue weighted by atomic mass is 32.1. The Morgan fingerprint density at radius 2 is 2.08 bits per heavy atom. The second-order valence-corrected chi connectivity index (χ2v) is 6.19. The van der Waals surface area contributed by atoms with E-state index in [-0.39, 0.29) is 0 Å². The Kier molecular flexibility index (Phi) is 3.84. The van der Waals surface area contributed by atoms with Gasteiger partial charge < -0.3 is 10.1 Å². The van der Waals surface area contributed by atoms with Crippen molar-refractivity contribution in [2.24, 2.45) is 0 Å². The minimum Gasteiger partial charge on any atom is -0.481 e. The van der Waals surface area contributed by atoms with E-state index < -0.39 is 0 Å². The maximum atomic E-state index is 5.10. The van der Waals surface area contributed by atoms with E-state index in [1.54, 1.807) is 30.8 Å². The molecular formula is C17H15N5OS. The van der Waals surface area contributed by atoms with Crippen molar-refractivity contribution >= 4 is 22.8 Å². The number of hydrogen-bond donors (Lipinski definition) is 1. The number of pyridine rings is 1. The quantitative estimate of drug-likeness (QED) is 0.604. The molecule has 4 rings (SSSR count). The van der Waals surface area contributed by atoms with Gasteiger partial charge in [-0.05, 0) is 29.6 Å². The minimum absolute atomic E-state index is 0.582. The molecule has 0 aliphatic carbocycles. The highest BCUT2D eigenvalue weighted by Crippen LogP contribution is 2.22. The van der Waals surface area contributed by atoms with Crippen LogP contribution in [0.4, 0.5) is 5.82 Å². The summed E-state index contributed by atoms with van der Waals surface area (Å²) in [6.45, 7) is 0.754. The van der Waals surface area contributed by atoms with E-state index in [0.717, 1.165) is 29.3 Å². The number of anilines is 1. The number of thiophene rings is 1. The molecule has 1 N–H and O–H groups in total. The minimum atomic E-state index is 0.582. The smallest absolute Gasteiger partial charge is 0.212 e. The van der Waals surface area contributed by atoms with Gasteiger partial charge in [-0.3, -0.25) is 0 Å². The lowest BCUT2D eigenvalue weighted by atomic mass is 10.2. The molecule has 0 aliphatic rings. The molecule has 0 aromatic carbocycles. The Hall–Kier alpha value is -2.93. The topological polar surface area (TPSA) is 64.3 Å². The SMILES string of the molecule is COc1ccc(-c2cnc3ccc(NCc4cccs4)nn23)cn1. The van der Waals surface area contributed by atoms with E-state index in [0.29, 0.717) is 5.88 Å². The number of ether oxygens (including phenoxy) is 1. The van der Waals surface area contributed by atoms with E-state index in [2.05, 4.69) is 31.8 Å². The second kappa shape index (κ2) is 6.29. The Morgan fingerprint density at radius 1 is 1.12 bits per heavy atom. The predicted molar refractivity (Wildman–Crippen MR) is 94.4 cm³/mol. The van der Waals surface area contributed by atoms with Crippen LogP contribution in [0.2, 0.25) is 0 Å². The number of nitrogens with zero attached hydrogens (tertiary/aromatic N) is 4. The van der Waals surface area contributed by atoms with Crippen LogP contribution in [0.3, 0.4) is 0 Å². The van der Waals surface area contributed by atoms with Gasteiger partial charge in [-0.2, -0.15) is 0 Å².